The molecule has 5 heteroatoms. The van der Waals surface area contributed by atoms with E-state index in [1.807, 2.05) is 18.2 Å². The summed E-state index contributed by atoms with van der Waals surface area (Å²) in [7, 11) is 1.62. The van der Waals surface area contributed by atoms with Gasteiger partial charge in [-0.05, 0) is 67.9 Å². The lowest BCUT2D eigenvalue weighted by Gasteiger charge is -2.30. The molecule has 0 saturated heterocycles. The van der Waals surface area contributed by atoms with Crippen molar-refractivity contribution in [3.63, 3.8) is 0 Å². The minimum Gasteiger partial charge on any atom is -0.490 e. The fourth-order valence-corrected chi connectivity index (χ4v) is 4.35. The zero-order valence-electron chi connectivity index (χ0n) is 17.6. The smallest absolute Gasteiger partial charge is 0.222 e. The minimum absolute atomic E-state index is 0.0738. The Morgan fingerprint density at radius 2 is 1.87 bits per heavy atom. The number of carbonyl (C=O) groups is 1. The average molecular weight is 410 g/mol. The van der Waals surface area contributed by atoms with E-state index in [9.17, 15) is 4.79 Å². The number of carbonyl (C=O) groups excluding carboxylic acids is 1. The number of hydrogen-bond donors (Lipinski definition) is 1. The third-order valence-corrected chi connectivity index (χ3v) is 6.02. The lowest BCUT2D eigenvalue weighted by Crippen LogP contribution is -2.40. The Labute approximate surface area is 178 Å². The molecule has 2 aliphatic rings. The second-order valence-electron chi connectivity index (χ2n) is 8.23. The Morgan fingerprint density at radius 3 is 2.63 bits per heavy atom. The van der Waals surface area contributed by atoms with Crippen LogP contribution in [0.1, 0.15) is 55.8 Å². The SMILES string of the molecule is COCCC(=O)NC1CCC(Oc2ccc3c(c2)CCC(c2ccccc2)O3)CC1. The van der Waals surface area contributed by atoms with Crippen LogP contribution in [0.15, 0.2) is 48.5 Å². The van der Waals surface area contributed by atoms with Crippen molar-refractivity contribution in [2.24, 2.45) is 0 Å². The van der Waals surface area contributed by atoms with Gasteiger partial charge in [0.2, 0.25) is 5.91 Å². The number of ether oxygens (including phenoxy) is 3. The van der Waals surface area contributed by atoms with Gasteiger partial charge < -0.3 is 19.5 Å². The van der Waals surface area contributed by atoms with Crippen molar-refractivity contribution in [2.75, 3.05) is 13.7 Å². The van der Waals surface area contributed by atoms with Crippen molar-refractivity contribution in [1.29, 1.82) is 0 Å². The number of hydrogen-bond acceptors (Lipinski definition) is 4. The Bertz CT molecular complexity index is 830. The van der Waals surface area contributed by atoms with Crippen LogP contribution in [0.4, 0.5) is 0 Å². The van der Waals surface area contributed by atoms with Crippen molar-refractivity contribution < 1.29 is 19.0 Å². The molecule has 30 heavy (non-hydrogen) atoms. The van der Waals surface area contributed by atoms with Gasteiger partial charge in [-0.25, -0.2) is 0 Å². The molecule has 4 rings (SSSR count). The highest BCUT2D eigenvalue weighted by atomic mass is 16.5. The molecule has 0 aromatic heterocycles. The fraction of sp³-hybridized carbons (Fsp3) is 0.480. The van der Waals surface area contributed by atoms with Gasteiger partial charge >= 0.3 is 0 Å². The summed E-state index contributed by atoms with van der Waals surface area (Å²) in [5.41, 5.74) is 2.45. The fourth-order valence-electron chi connectivity index (χ4n) is 4.35. The minimum atomic E-state index is 0.0738. The highest BCUT2D eigenvalue weighted by Gasteiger charge is 2.25. The second-order valence-corrected chi connectivity index (χ2v) is 8.23. The molecule has 2 aromatic carbocycles. The van der Waals surface area contributed by atoms with Crippen molar-refractivity contribution in [2.45, 2.75) is 63.2 Å². The summed E-state index contributed by atoms with van der Waals surface area (Å²) in [5.74, 6) is 1.96. The standard InChI is InChI=1S/C25H31NO4/c1-28-16-15-25(27)26-20-8-10-21(11-9-20)29-22-12-14-24-19(17-22)7-13-23(30-24)18-5-3-2-4-6-18/h2-6,12,14,17,20-21,23H,7-11,13,15-16H2,1H3,(H,26,27). The van der Waals surface area contributed by atoms with Gasteiger partial charge in [0.15, 0.2) is 0 Å². The van der Waals surface area contributed by atoms with Gasteiger partial charge in [-0.3, -0.25) is 4.79 Å². The summed E-state index contributed by atoms with van der Waals surface area (Å²) in [6, 6.07) is 16.9. The molecule has 1 heterocycles. The van der Waals surface area contributed by atoms with Crippen LogP contribution in [0.5, 0.6) is 11.5 Å². The van der Waals surface area contributed by atoms with E-state index in [1.165, 1.54) is 11.1 Å². The number of rotatable bonds is 7. The van der Waals surface area contributed by atoms with Gasteiger partial charge in [0, 0.05) is 19.6 Å². The molecule has 0 spiro atoms. The van der Waals surface area contributed by atoms with Gasteiger partial charge in [0.05, 0.1) is 12.7 Å². The van der Waals surface area contributed by atoms with E-state index in [-0.39, 0.29) is 24.2 Å². The molecule has 1 atom stereocenters. The highest BCUT2D eigenvalue weighted by molar-refractivity contribution is 5.76. The summed E-state index contributed by atoms with van der Waals surface area (Å²) in [4.78, 5) is 11.9. The van der Waals surface area contributed by atoms with Crippen LogP contribution in [0, 0.1) is 0 Å². The van der Waals surface area contributed by atoms with E-state index in [1.54, 1.807) is 7.11 Å². The van der Waals surface area contributed by atoms with Crippen molar-refractivity contribution >= 4 is 5.91 Å². The van der Waals surface area contributed by atoms with Crippen molar-refractivity contribution in [3.8, 4) is 11.5 Å². The summed E-state index contributed by atoms with van der Waals surface area (Å²) in [6.07, 6.45) is 6.55. The van der Waals surface area contributed by atoms with E-state index < -0.39 is 0 Å². The van der Waals surface area contributed by atoms with Gasteiger partial charge in [0.1, 0.15) is 17.6 Å². The Morgan fingerprint density at radius 1 is 1.07 bits per heavy atom. The van der Waals surface area contributed by atoms with Crippen LogP contribution >= 0.6 is 0 Å². The third-order valence-electron chi connectivity index (χ3n) is 6.02. The average Bonchev–Trinajstić information content (AvgIpc) is 2.79. The first-order chi connectivity index (χ1) is 14.7. The summed E-state index contributed by atoms with van der Waals surface area (Å²) >= 11 is 0. The van der Waals surface area contributed by atoms with Gasteiger partial charge in [-0.2, -0.15) is 0 Å². The first kappa shape index (κ1) is 20.7. The van der Waals surface area contributed by atoms with Crippen LogP contribution in [0.3, 0.4) is 0 Å². The van der Waals surface area contributed by atoms with Crippen LogP contribution < -0.4 is 14.8 Å². The maximum absolute atomic E-state index is 11.9. The lowest BCUT2D eigenvalue weighted by molar-refractivity contribution is -0.123. The first-order valence-corrected chi connectivity index (χ1v) is 11.0. The predicted octanol–water partition coefficient (Wildman–Crippen LogP) is 4.60. The molecule has 0 bridgehead atoms. The number of methoxy groups -OCH3 is 1. The lowest BCUT2D eigenvalue weighted by atomic mass is 9.92. The predicted molar refractivity (Wildman–Crippen MR) is 116 cm³/mol. The normalized spacial score (nSPS) is 23.2. The summed E-state index contributed by atoms with van der Waals surface area (Å²) in [5, 5.41) is 3.11. The topological polar surface area (TPSA) is 56.8 Å². The second kappa shape index (κ2) is 9.98. The van der Waals surface area contributed by atoms with Crippen LogP contribution in [-0.2, 0) is 16.0 Å². The molecule has 1 aliphatic heterocycles. The molecule has 1 N–H and O–H groups in total. The van der Waals surface area contributed by atoms with Crippen molar-refractivity contribution in [1.82, 2.24) is 5.32 Å². The molecule has 160 valence electrons. The maximum Gasteiger partial charge on any atom is 0.222 e. The quantitative estimate of drug-likeness (QED) is 0.726. The van der Waals surface area contributed by atoms with Crippen LogP contribution in [-0.4, -0.2) is 31.8 Å². The van der Waals surface area contributed by atoms with E-state index in [0.29, 0.717) is 13.0 Å². The van der Waals surface area contributed by atoms with Crippen LogP contribution in [0.2, 0.25) is 0 Å². The number of nitrogens with one attached hydrogen (secondary N) is 1. The maximum atomic E-state index is 11.9. The third kappa shape index (κ3) is 5.33. The Hall–Kier alpha value is -2.53. The molecular weight excluding hydrogens is 378 g/mol. The highest BCUT2D eigenvalue weighted by Crippen LogP contribution is 2.37. The number of amides is 1. The Balaban J connectivity index is 1.27. The van der Waals surface area contributed by atoms with Crippen molar-refractivity contribution in [3.05, 3.63) is 59.7 Å². The van der Waals surface area contributed by atoms with E-state index in [0.717, 1.165) is 50.0 Å². The molecule has 1 aliphatic carbocycles. The molecule has 5 nitrogen and oxygen atoms in total. The Kier molecular flexibility index (Phi) is 6.90. The van der Waals surface area contributed by atoms with E-state index in [4.69, 9.17) is 14.2 Å². The molecule has 1 amide bonds. The van der Waals surface area contributed by atoms with Crippen LogP contribution in [0.25, 0.3) is 0 Å². The first-order valence-electron chi connectivity index (χ1n) is 11.0. The van der Waals surface area contributed by atoms with E-state index >= 15 is 0 Å². The number of fused-ring (bicyclic) bond motifs is 1. The monoisotopic (exact) mass is 409 g/mol. The zero-order valence-corrected chi connectivity index (χ0v) is 17.6. The number of aryl methyl sites for hydroxylation is 1. The molecule has 1 fully saturated rings. The molecule has 2 aromatic rings. The van der Waals surface area contributed by atoms with E-state index in [2.05, 4.69) is 35.6 Å². The molecule has 1 saturated carbocycles. The van der Waals surface area contributed by atoms with Gasteiger partial charge in [0.25, 0.3) is 0 Å². The molecule has 0 radical (unpaired) electrons. The number of benzene rings is 2. The van der Waals surface area contributed by atoms with Gasteiger partial charge in [-0.15, -0.1) is 0 Å². The molecule has 1 unspecified atom stereocenters. The van der Waals surface area contributed by atoms with Gasteiger partial charge in [-0.1, -0.05) is 30.3 Å². The molecular formula is C25H31NO4. The summed E-state index contributed by atoms with van der Waals surface area (Å²) in [6.45, 7) is 0.471. The summed E-state index contributed by atoms with van der Waals surface area (Å²) < 4.78 is 17.5. The zero-order chi connectivity index (χ0) is 20.8. The largest absolute Gasteiger partial charge is 0.490 e.